The van der Waals surface area contributed by atoms with Gasteiger partial charge in [0, 0.05) is 30.3 Å². The number of benzene rings is 2. The van der Waals surface area contributed by atoms with Gasteiger partial charge in [-0.15, -0.1) is 0 Å². The number of pyridine rings is 1. The number of nitrogens with zero attached hydrogens (tertiary/aromatic N) is 2. The fraction of sp³-hybridized carbons (Fsp3) is 0.0526. The normalized spacial score (nSPS) is 10.3. The van der Waals surface area contributed by atoms with E-state index in [9.17, 15) is 4.79 Å². The van der Waals surface area contributed by atoms with Gasteiger partial charge in [-0.25, -0.2) is 4.79 Å². The number of carboxylic acids is 1. The molecule has 1 N–H and O–H groups in total. The molecule has 0 saturated heterocycles. The van der Waals surface area contributed by atoms with Gasteiger partial charge in [0.05, 0.1) is 11.1 Å². The van der Waals surface area contributed by atoms with Gasteiger partial charge < -0.3 is 9.67 Å². The molecule has 4 rings (SSSR count). The third-order valence-electron chi connectivity index (χ3n) is 3.64. The SMILES string of the molecule is Cn1ccc2ccccc21.O=C(O)c1ccc2ncccc2c1. The van der Waals surface area contributed by atoms with Crippen LogP contribution in [0.15, 0.2) is 73.1 Å². The van der Waals surface area contributed by atoms with Crippen LogP contribution in [0.2, 0.25) is 0 Å². The minimum absolute atomic E-state index is 0.292. The number of hydrogen-bond acceptors (Lipinski definition) is 2. The average molecular weight is 304 g/mol. The topological polar surface area (TPSA) is 55.1 Å². The van der Waals surface area contributed by atoms with Crippen LogP contribution in [0.1, 0.15) is 10.4 Å². The molecule has 0 spiro atoms. The van der Waals surface area contributed by atoms with Gasteiger partial charge in [-0.05, 0) is 41.8 Å². The van der Waals surface area contributed by atoms with E-state index in [1.165, 1.54) is 10.9 Å². The number of carboxylic acid groups (broad SMARTS) is 1. The van der Waals surface area contributed by atoms with Crippen LogP contribution in [0.25, 0.3) is 21.8 Å². The minimum atomic E-state index is -0.911. The lowest BCUT2D eigenvalue weighted by Crippen LogP contribution is -1.95. The van der Waals surface area contributed by atoms with Gasteiger partial charge >= 0.3 is 5.97 Å². The summed E-state index contributed by atoms with van der Waals surface area (Å²) in [6, 6.07) is 19.0. The Labute approximate surface area is 133 Å². The van der Waals surface area contributed by atoms with Crippen molar-refractivity contribution in [1.82, 2.24) is 9.55 Å². The fourth-order valence-electron chi connectivity index (χ4n) is 2.43. The van der Waals surface area contributed by atoms with E-state index in [1.807, 2.05) is 6.07 Å². The number of aryl methyl sites for hydroxylation is 1. The molecule has 4 heteroatoms. The molecule has 0 unspecified atom stereocenters. The van der Waals surface area contributed by atoms with Crippen LogP contribution >= 0.6 is 0 Å². The molecule has 4 nitrogen and oxygen atoms in total. The number of fused-ring (bicyclic) bond motifs is 2. The minimum Gasteiger partial charge on any atom is -0.478 e. The lowest BCUT2D eigenvalue weighted by Gasteiger charge is -1.97. The molecule has 0 aliphatic rings. The maximum absolute atomic E-state index is 10.6. The maximum Gasteiger partial charge on any atom is 0.335 e. The van der Waals surface area contributed by atoms with Gasteiger partial charge in [0.15, 0.2) is 0 Å². The Morgan fingerprint density at radius 3 is 2.57 bits per heavy atom. The Kier molecular flexibility index (Phi) is 4.06. The second kappa shape index (κ2) is 6.32. The highest BCUT2D eigenvalue weighted by molar-refractivity contribution is 5.93. The van der Waals surface area contributed by atoms with Crippen LogP contribution in [0.4, 0.5) is 0 Å². The van der Waals surface area contributed by atoms with Gasteiger partial charge in [0.25, 0.3) is 0 Å². The molecule has 0 amide bonds. The van der Waals surface area contributed by atoms with Gasteiger partial charge in [-0.1, -0.05) is 24.3 Å². The third kappa shape index (κ3) is 3.21. The van der Waals surface area contributed by atoms with Crippen molar-refractivity contribution in [2.24, 2.45) is 7.05 Å². The van der Waals surface area contributed by atoms with Crippen LogP contribution in [0, 0.1) is 0 Å². The van der Waals surface area contributed by atoms with E-state index in [-0.39, 0.29) is 0 Å². The molecule has 0 atom stereocenters. The van der Waals surface area contributed by atoms with E-state index in [4.69, 9.17) is 5.11 Å². The van der Waals surface area contributed by atoms with Crippen molar-refractivity contribution in [3.8, 4) is 0 Å². The highest BCUT2D eigenvalue weighted by Crippen LogP contribution is 2.13. The summed E-state index contributed by atoms with van der Waals surface area (Å²) in [6.45, 7) is 0. The Hall–Kier alpha value is -3.14. The van der Waals surface area contributed by atoms with Crippen LogP contribution in [0.3, 0.4) is 0 Å². The Morgan fingerprint density at radius 1 is 1.00 bits per heavy atom. The van der Waals surface area contributed by atoms with Crippen LogP contribution in [-0.2, 0) is 7.05 Å². The van der Waals surface area contributed by atoms with Gasteiger partial charge in [0.2, 0.25) is 0 Å². The summed E-state index contributed by atoms with van der Waals surface area (Å²) < 4.78 is 2.12. The van der Waals surface area contributed by atoms with Crippen LogP contribution in [-0.4, -0.2) is 20.6 Å². The Morgan fingerprint density at radius 2 is 1.78 bits per heavy atom. The molecule has 0 aliphatic carbocycles. The van der Waals surface area contributed by atoms with Crippen molar-refractivity contribution in [3.63, 3.8) is 0 Å². The van der Waals surface area contributed by atoms with Crippen molar-refractivity contribution < 1.29 is 9.90 Å². The first-order valence-electron chi connectivity index (χ1n) is 7.23. The lowest BCUT2D eigenvalue weighted by atomic mass is 10.1. The van der Waals surface area contributed by atoms with E-state index in [1.54, 1.807) is 30.5 Å². The molecular weight excluding hydrogens is 288 g/mol. The number of hydrogen-bond donors (Lipinski definition) is 1. The zero-order chi connectivity index (χ0) is 16.2. The third-order valence-corrected chi connectivity index (χ3v) is 3.64. The van der Waals surface area contributed by atoms with E-state index in [0.717, 1.165) is 10.9 Å². The van der Waals surface area contributed by atoms with Crippen LogP contribution < -0.4 is 0 Å². The highest BCUT2D eigenvalue weighted by Gasteiger charge is 2.02. The molecular formula is C19H16N2O2. The molecule has 0 radical (unpaired) electrons. The molecule has 2 aromatic carbocycles. The summed E-state index contributed by atoms with van der Waals surface area (Å²) in [5.41, 5.74) is 2.40. The molecule has 114 valence electrons. The van der Waals surface area contributed by atoms with Crippen molar-refractivity contribution in [2.45, 2.75) is 0 Å². The molecule has 23 heavy (non-hydrogen) atoms. The monoisotopic (exact) mass is 304 g/mol. The second-order valence-corrected chi connectivity index (χ2v) is 5.20. The van der Waals surface area contributed by atoms with Crippen molar-refractivity contribution >= 4 is 27.8 Å². The molecule has 2 aromatic heterocycles. The van der Waals surface area contributed by atoms with Gasteiger partial charge in [-0.2, -0.15) is 0 Å². The Bertz CT molecular complexity index is 973. The first kappa shape index (κ1) is 14.8. The van der Waals surface area contributed by atoms with E-state index >= 15 is 0 Å². The molecule has 0 bridgehead atoms. The standard InChI is InChI=1S/C10H7NO2.C9H9N/c12-10(13)8-3-4-9-7(6-8)2-1-5-11-9;1-10-7-6-8-4-2-3-5-9(8)10/h1-6H,(H,12,13);2-7H,1H3. The zero-order valence-corrected chi connectivity index (χ0v) is 12.7. The second-order valence-electron chi connectivity index (χ2n) is 5.20. The quantitative estimate of drug-likeness (QED) is 0.575. The molecule has 0 fully saturated rings. The molecule has 2 heterocycles. The summed E-state index contributed by atoms with van der Waals surface area (Å²) in [6.07, 6.45) is 3.76. The number of rotatable bonds is 1. The summed E-state index contributed by atoms with van der Waals surface area (Å²) in [4.78, 5) is 14.7. The average Bonchev–Trinajstić information content (AvgIpc) is 2.97. The van der Waals surface area contributed by atoms with Crippen molar-refractivity contribution in [2.75, 3.05) is 0 Å². The number of aromatic carboxylic acids is 1. The molecule has 0 saturated carbocycles. The first-order chi connectivity index (χ1) is 11.1. The van der Waals surface area contributed by atoms with Gasteiger partial charge in [0.1, 0.15) is 0 Å². The smallest absolute Gasteiger partial charge is 0.335 e. The van der Waals surface area contributed by atoms with Crippen molar-refractivity contribution in [1.29, 1.82) is 0 Å². The summed E-state index contributed by atoms with van der Waals surface area (Å²) in [5, 5.41) is 10.9. The maximum atomic E-state index is 10.6. The zero-order valence-electron chi connectivity index (χ0n) is 12.7. The predicted molar refractivity (Wildman–Crippen MR) is 91.6 cm³/mol. The van der Waals surface area contributed by atoms with E-state index < -0.39 is 5.97 Å². The van der Waals surface area contributed by atoms with Crippen LogP contribution in [0.5, 0.6) is 0 Å². The summed E-state index contributed by atoms with van der Waals surface area (Å²) in [5.74, 6) is -0.911. The van der Waals surface area contributed by atoms with E-state index in [0.29, 0.717) is 5.56 Å². The first-order valence-corrected chi connectivity index (χ1v) is 7.23. The predicted octanol–water partition coefficient (Wildman–Crippen LogP) is 4.11. The molecule has 4 aromatic rings. The van der Waals surface area contributed by atoms with E-state index in [2.05, 4.69) is 53.1 Å². The summed E-state index contributed by atoms with van der Waals surface area (Å²) in [7, 11) is 2.06. The summed E-state index contributed by atoms with van der Waals surface area (Å²) >= 11 is 0. The Balaban J connectivity index is 0.000000140. The van der Waals surface area contributed by atoms with Crippen molar-refractivity contribution in [3.05, 3.63) is 78.6 Å². The highest BCUT2D eigenvalue weighted by atomic mass is 16.4. The number of carbonyl (C=O) groups is 1. The fourth-order valence-corrected chi connectivity index (χ4v) is 2.43. The number of aromatic nitrogens is 2. The van der Waals surface area contributed by atoms with Gasteiger partial charge in [-0.3, -0.25) is 4.98 Å². The molecule has 0 aliphatic heterocycles. The number of para-hydroxylation sites is 1. The lowest BCUT2D eigenvalue weighted by molar-refractivity contribution is 0.0697. The largest absolute Gasteiger partial charge is 0.478 e.